The maximum atomic E-state index is 4.99. The Morgan fingerprint density at radius 1 is 1.42 bits per heavy atom. The molecule has 3 rings (SSSR count). The molecule has 3 nitrogen and oxygen atoms in total. The summed E-state index contributed by atoms with van der Waals surface area (Å²) in [7, 11) is 0. The van der Waals surface area contributed by atoms with Gasteiger partial charge in [-0.1, -0.05) is 13.8 Å². The van der Waals surface area contributed by atoms with Gasteiger partial charge in [-0.25, -0.2) is 4.98 Å². The summed E-state index contributed by atoms with van der Waals surface area (Å²) in [5.74, 6) is 0.847. The third-order valence-corrected chi connectivity index (χ3v) is 5.69. The Kier molecular flexibility index (Phi) is 4.20. The molecule has 1 saturated heterocycles. The van der Waals surface area contributed by atoms with Crippen molar-refractivity contribution in [2.24, 2.45) is 5.92 Å². The summed E-state index contributed by atoms with van der Waals surface area (Å²) in [4.78, 5) is 9.17. The number of nitrogens with one attached hydrogen (secondary N) is 1. The zero-order valence-corrected chi connectivity index (χ0v) is 12.9. The Morgan fingerprint density at radius 2 is 2.21 bits per heavy atom. The predicted molar refractivity (Wildman–Crippen MR) is 80.8 cm³/mol. The number of hydrogen-bond acceptors (Lipinski definition) is 4. The molecule has 1 aromatic rings. The largest absolute Gasteiger partial charge is 0.314 e. The molecule has 0 bridgehead atoms. The summed E-state index contributed by atoms with van der Waals surface area (Å²) in [6, 6.07) is 0.549. The predicted octanol–water partition coefficient (Wildman–Crippen LogP) is 2.62. The van der Waals surface area contributed by atoms with Crippen LogP contribution in [0.5, 0.6) is 0 Å². The van der Waals surface area contributed by atoms with E-state index in [1.54, 1.807) is 4.88 Å². The average Bonchev–Trinajstić information content (AvgIpc) is 2.83. The second-order valence-corrected chi connectivity index (χ2v) is 7.10. The highest BCUT2D eigenvalue weighted by molar-refractivity contribution is 7.11. The molecule has 19 heavy (non-hydrogen) atoms. The minimum absolute atomic E-state index is 0.549. The number of piperazine rings is 1. The zero-order chi connectivity index (χ0) is 13.2. The third kappa shape index (κ3) is 2.86. The highest BCUT2D eigenvalue weighted by Crippen LogP contribution is 2.35. The van der Waals surface area contributed by atoms with E-state index >= 15 is 0 Å². The highest BCUT2D eigenvalue weighted by Gasteiger charge is 2.26. The van der Waals surface area contributed by atoms with Crippen molar-refractivity contribution >= 4 is 11.3 Å². The molecule has 1 aromatic heterocycles. The Hall–Kier alpha value is -0.450. The maximum absolute atomic E-state index is 4.99. The molecule has 1 aliphatic heterocycles. The first kappa shape index (κ1) is 13.5. The van der Waals surface area contributed by atoms with Gasteiger partial charge in [0.05, 0.1) is 11.7 Å². The van der Waals surface area contributed by atoms with Gasteiger partial charge in [-0.05, 0) is 31.6 Å². The van der Waals surface area contributed by atoms with E-state index < -0.39 is 0 Å². The van der Waals surface area contributed by atoms with Crippen LogP contribution in [0.4, 0.5) is 0 Å². The summed E-state index contributed by atoms with van der Waals surface area (Å²) >= 11 is 1.99. The van der Waals surface area contributed by atoms with Gasteiger partial charge in [-0.15, -0.1) is 11.3 Å². The van der Waals surface area contributed by atoms with Gasteiger partial charge in [0, 0.05) is 31.1 Å². The first-order chi connectivity index (χ1) is 9.28. The van der Waals surface area contributed by atoms with Crippen molar-refractivity contribution in [3.8, 4) is 0 Å². The molecular formula is C15H25N3S. The summed E-state index contributed by atoms with van der Waals surface area (Å²) in [6.07, 6.45) is 4.96. The molecule has 0 radical (unpaired) electrons. The minimum atomic E-state index is 0.549. The van der Waals surface area contributed by atoms with Crippen molar-refractivity contribution in [1.29, 1.82) is 0 Å². The van der Waals surface area contributed by atoms with Gasteiger partial charge in [-0.3, -0.25) is 4.90 Å². The van der Waals surface area contributed by atoms with E-state index in [-0.39, 0.29) is 0 Å². The monoisotopic (exact) mass is 279 g/mol. The van der Waals surface area contributed by atoms with Crippen LogP contribution in [0.15, 0.2) is 0 Å². The SMILES string of the molecule is CCC(c1nc2c(s1)CC(C)CC2)N1CCNCC1. The van der Waals surface area contributed by atoms with Crippen LogP contribution in [-0.4, -0.2) is 36.1 Å². The second kappa shape index (κ2) is 5.90. The number of nitrogens with zero attached hydrogens (tertiary/aromatic N) is 2. The number of aromatic nitrogens is 1. The lowest BCUT2D eigenvalue weighted by Crippen LogP contribution is -2.45. The Bertz CT molecular complexity index is 423. The van der Waals surface area contributed by atoms with Crippen molar-refractivity contribution in [1.82, 2.24) is 15.2 Å². The van der Waals surface area contributed by atoms with Crippen LogP contribution in [0, 0.1) is 5.92 Å². The van der Waals surface area contributed by atoms with Gasteiger partial charge < -0.3 is 5.32 Å². The average molecular weight is 279 g/mol. The molecule has 2 unspecified atom stereocenters. The van der Waals surface area contributed by atoms with Crippen molar-refractivity contribution in [3.63, 3.8) is 0 Å². The van der Waals surface area contributed by atoms with E-state index in [0.717, 1.165) is 19.0 Å². The minimum Gasteiger partial charge on any atom is -0.314 e. The Balaban J connectivity index is 1.79. The molecule has 0 spiro atoms. The Morgan fingerprint density at radius 3 is 2.95 bits per heavy atom. The normalized spacial score (nSPS) is 26.1. The quantitative estimate of drug-likeness (QED) is 0.922. The van der Waals surface area contributed by atoms with Crippen molar-refractivity contribution in [3.05, 3.63) is 15.6 Å². The summed E-state index contributed by atoms with van der Waals surface area (Å²) in [5, 5.41) is 4.82. The van der Waals surface area contributed by atoms with Crippen molar-refractivity contribution in [2.75, 3.05) is 26.2 Å². The van der Waals surface area contributed by atoms with Crippen LogP contribution < -0.4 is 5.32 Å². The van der Waals surface area contributed by atoms with E-state index in [1.807, 2.05) is 11.3 Å². The summed E-state index contributed by atoms with van der Waals surface area (Å²) < 4.78 is 0. The van der Waals surface area contributed by atoms with Gasteiger partial charge in [0.1, 0.15) is 5.01 Å². The van der Waals surface area contributed by atoms with Crippen LogP contribution in [-0.2, 0) is 12.8 Å². The first-order valence-electron chi connectivity index (χ1n) is 7.71. The number of rotatable bonds is 3. The van der Waals surface area contributed by atoms with E-state index in [1.165, 1.54) is 49.5 Å². The summed E-state index contributed by atoms with van der Waals surface area (Å²) in [5.41, 5.74) is 1.41. The molecule has 2 atom stereocenters. The zero-order valence-electron chi connectivity index (χ0n) is 12.1. The molecule has 1 N–H and O–H groups in total. The fourth-order valence-corrected chi connectivity index (χ4v) is 4.78. The fraction of sp³-hybridized carbons (Fsp3) is 0.800. The van der Waals surface area contributed by atoms with Gasteiger partial charge in [-0.2, -0.15) is 0 Å². The first-order valence-corrected chi connectivity index (χ1v) is 8.52. The van der Waals surface area contributed by atoms with Gasteiger partial charge in [0.15, 0.2) is 0 Å². The van der Waals surface area contributed by atoms with E-state index in [9.17, 15) is 0 Å². The smallest absolute Gasteiger partial charge is 0.110 e. The lowest BCUT2D eigenvalue weighted by molar-refractivity contribution is 0.169. The van der Waals surface area contributed by atoms with Gasteiger partial charge in [0.25, 0.3) is 0 Å². The number of thiazole rings is 1. The molecule has 1 fully saturated rings. The lowest BCUT2D eigenvalue weighted by atomic mass is 9.93. The van der Waals surface area contributed by atoms with Crippen LogP contribution in [0.2, 0.25) is 0 Å². The standard InChI is InChI=1S/C15H25N3S/c1-3-13(18-8-6-16-7-9-18)15-17-12-5-4-11(2)10-14(12)19-15/h11,13,16H,3-10H2,1-2H3. The molecule has 2 heterocycles. The van der Waals surface area contributed by atoms with E-state index in [4.69, 9.17) is 4.98 Å². The van der Waals surface area contributed by atoms with Crippen LogP contribution in [0.3, 0.4) is 0 Å². The molecule has 0 amide bonds. The second-order valence-electron chi connectivity index (χ2n) is 5.98. The fourth-order valence-electron chi connectivity index (χ4n) is 3.29. The molecule has 2 aliphatic rings. The lowest BCUT2D eigenvalue weighted by Gasteiger charge is -2.33. The van der Waals surface area contributed by atoms with E-state index in [2.05, 4.69) is 24.1 Å². The Labute approximate surface area is 120 Å². The van der Waals surface area contributed by atoms with Gasteiger partial charge >= 0.3 is 0 Å². The topological polar surface area (TPSA) is 28.2 Å². The number of aryl methyl sites for hydroxylation is 1. The van der Waals surface area contributed by atoms with Crippen molar-refractivity contribution < 1.29 is 0 Å². The molecule has 0 saturated carbocycles. The maximum Gasteiger partial charge on any atom is 0.110 e. The van der Waals surface area contributed by atoms with Crippen LogP contribution in [0.25, 0.3) is 0 Å². The molecule has 106 valence electrons. The molecule has 0 aromatic carbocycles. The molecule has 1 aliphatic carbocycles. The number of hydrogen-bond donors (Lipinski definition) is 1. The molecule has 4 heteroatoms. The third-order valence-electron chi connectivity index (χ3n) is 4.47. The van der Waals surface area contributed by atoms with Crippen LogP contribution >= 0.6 is 11.3 Å². The van der Waals surface area contributed by atoms with Crippen LogP contribution in [0.1, 0.15) is 48.3 Å². The van der Waals surface area contributed by atoms with Gasteiger partial charge in [0.2, 0.25) is 0 Å². The van der Waals surface area contributed by atoms with E-state index in [0.29, 0.717) is 6.04 Å². The molecular weight excluding hydrogens is 254 g/mol. The summed E-state index contributed by atoms with van der Waals surface area (Å²) in [6.45, 7) is 9.25. The highest BCUT2D eigenvalue weighted by atomic mass is 32.1. The van der Waals surface area contributed by atoms with Crippen molar-refractivity contribution in [2.45, 2.75) is 45.6 Å². The number of fused-ring (bicyclic) bond motifs is 1.